The van der Waals surface area contributed by atoms with Gasteiger partial charge in [-0.05, 0) is 25.8 Å². The van der Waals surface area contributed by atoms with Gasteiger partial charge in [0.25, 0.3) is 0 Å². The molecule has 0 spiro atoms. The van der Waals surface area contributed by atoms with Crippen LogP contribution in [0.5, 0.6) is 0 Å². The molecule has 1 heterocycles. The Labute approximate surface area is 105 Å². The van der Waals surface area contributed by atoms with Crippen LogP contribution in [-0.4, -0.2) is 40.3 Å². The lowest BCUT2D eigenvalue weighted by Crippen LogP contribution is -2.30. The van der Waals surface area contributed by atoms with Gasteiger partial charge < -0.3 is 4.90 Å². The highest BCUT2D eigenvalue weighted by molar-refractivity contribution is 6.29. The van der Waals surface area contributed by atoms with Gasteiger partial charge in [-0.15, -0.1) is 5.10 Å². The maximum Gasteiger partial charge on any atom is 0.189 e. The lowest BCUT2D eigenvalue weighted by molar-refractivity contribution is 0.368. The average Bonchev–Trinajstić information content (AvgIpc) is 3.08. The van der Waals surface area contributed by atoms with Crippen LogP contribution >= 0.6 is 11.6 Å². The number of aliphatic imine (C=N–C) groups is 1. The Morgan fingerprint density at radius 2 is 2.35 bits per heavy atom. The predicted molar refractivity (Wildman–Crippen MR) is 64.9 cm³/mol. The van der Waals surface area contributed by atoms with Crippen molar-refractivity contribution in [3.63, 3.8) is 0 Å². The number of amidine groups is 1. The normalized spacial score (nSPS) is 18.0. The molecule has 2 rings (SSSR count). The fourth-order valence-corrected chi connectivity index (χ4v) is 1.80. The zero-order valence-electron chi connectivity index (χ0n) is 9.77. The van der Waals surface area contributed by atoms with Gasteiger partial charge in [-0.25, -0.2) is 9.38 Å². The van der Waals surface area contributed by atoms with Crippen LogP contribution < -0.4 is 0 Å². The van der Waals surface area contributed by atoms with Gasteiger partial charge in [-0.3, -0.25) is 0 Å². The number of nitrogens with zero attached hydrogens (tertiary/aromatic N) is 4. The second-order valence-electron chi connectivity index (χ2n) is 4.14. The molecule has 1 unspecified atom stereocenters. The third-order valence-electron chi connectivity index (χ3n) is 2.61. The third-order valence-corrected chi connectivity index (χ3v) is 2.80. The summed E-state index contributed by atoms with van der Waals surface area (Å²) in [6.45, 7) is 1.40. The first-order valence-electron chi connectivity index (χ1n) is 5.51. The van der Waals surface area contributed by atoms with E-state index in [1.165, 1.54) is 6.92 Å². The zero-order valence-corrected chi connectivity index (χ0v) is 10.5. The van der Waals surface area contributed by atoms with Crippen molar-refractivity contribution in [2.75, 3.05) is 7.05 Å². The van der Waals surface area contributed by atoms with E-state index >= 15 is 0 Å². The first-order valence-corrected chi connectivity index (χ1v) is 5.89. The molecule has 0 N–H and O–H groups in total. The minimum Gasteiger partial charge on any atom is -0.356 e. The summed E-state index contributed by atoms with van der Waals surface area (Å²) in [5.41, 5.74) is 0.698. The van der Waals surface area contributed by atoms with Crippen molar-refractivity contribution in [1.29, 1.82) is 0 Å². The van der Waals surface area contributed by atoms with Crippen LogP contribution in [0, 0.1) is 0 Å². The Bertz CT molecular complexity index is 431. The Balaban J connectivity index is 2.32. The number of rotatable bonds is 3. The van der Waals surface area contributed by atoms with Crippen LogP contribution in [0.3, 0.4) is 0 Å². The second kappa shape index (κ2) is 4.96. The van der Waals surface area contributed by atoms with Gasteiger partial charge in [0.1, 0.15) is 5.84 Å². The molecule has 0 bridgehead atoms. The van der Waals surface area contributed by atoms with Crippen LogP contribution in [0.1, 0.15) is 25.3 Å². The van der Waals surface area contributed by atoms with Crippen LogP contribution in [-0.2, 0) is 0 Å². The molecule has 0 radical (unpaired) electrons. The summed E-state index contributed by atoms with van der Waals surface area (Å²) >= 11 is 5.78. The summed E-state index contributed by atoms with van der Waals surface area (Å²) in [6.07, 6.45) is 2.52. The van der Waals surface area contributed by atoms with Crippen molar-refractivity contribution in [2.24, 2.45) is 4.99 Å². The lowest BCUT2D eigenvalue weighted by Gasteiger charge is -2.21. The highest BCUT2D eigenvalue weighted by Gasteiger charge is 2.29. The summed E-state index contributed by atoms with van der Waals surface area (Å²) in [5, 5.41) is 7.72. The smallest absolute Gasteiger partial charge is 0.189 e. The minimum atomic E-state index is -1.25. The van der Waals surface area contributed by atoms with E-state index in [2.05, 4.69) is 15.2 Å². The third kappa shape index (κ3) is 3.12. The second-order valence-corrected chi connectivity index (χ2v) is 4.52. The molecule has 1 aliphatic carbocycles. The van der Waals surface area contributed by atoms with Crippen molar-refractivity contribution in [1.82, 2.24) is 15.1 Å². The van der Waals surface area contributed by atoms with Crippen molar-refractivity contribution < 1.29 is 4.39 Å². The molecular formula is C11H14ClFN4. The first kappa shape index (κ1) is 12.2. The SMILES string of the molecule is CC(F)/N=C(/c1cnnc(Cl)c1)N(C)C1CC1. The molecule has 1 fully saturated rings. The maximum atomic E-state index is 13.1. The largest absolute Gasteiger partial charge is 0.356 e. The molecule has 1 saturated carbocycles. The molecular weight excluding hydrogens is 243 g/mol. The number of aromatic nitrogens is 2. The molecule has 6 heteroatoms. The molecule has 0 aromatic carbocycles. The average molecular weight is 257 g/mol. The highest BCUT2D eigenvalue weighted by Crippen LogP contribution is 2.27. The fraction of sp³-hybridized carbons (Fsp3) is 0.545. The van der Waals surface area contributed by atoms with E-state index in [-0.39, 0.29) is 5.15 Å². The van der Waals surface area contributed by atoms with Gasteiger partial charge in [-0.1, -0.05) is 11.6 Å². The Hall–Kier alpha value is -1.23. The number of hydrogen-bond donors (Lipinski definition) is 0. The minimum absolute atomic E-state index is 0.283. The molecule has 0 amide bonds. The van der Waals surface area contributed by atoms with Crippen molar-refractivity contribution in [3.8, 4) is 0 Å². The summed E-state index contributed by atoms with van der Waals surface area (Å²) in [6, 6.07) is 2.09. The van der Waals surface area contributed by atoms with Crippen LogP contribution in [0.15, 0.2) is 17.3 Å². The van der Waals surface area contributed by atoms with Gasteiger partial charge in [0, 0.05) is 18.7 Å². The van der Waals surface area contributed by atoms with E-state index in [4.69, 9.17) is 11.6 Å². The van der Waals surface area contributed by atoms with E-state index < -0.39 is 6.30 Å². The molecule has 1 aromatic rings. The van der Waals surface area contributed by atoms with Crippen LogP contribution in [0.2, 0.25) is 5.15 Å². The molecule has 0 saturated heterocycles. The van der Waals surface area contributed by atoms with Gasteiger partial charge in [0.15, 0.2) is 11.4 Å². The van der Waals surface area contributed by atoms with E-state index in [1.807, 2.05) is 11.9 Å². The van der Waals surface area contributed by atoms with Crippen molar-refractivity contribution in [3.05, 3.63) is 23.0 Å². The number of alkyl halides is 1. The zero-order chi connectivity index (χ0) is 12.4. The standard InChI is InChI=1S/C11H14ClFN4/c1-7(13)15-11(17(2)9-3-4-9)8-5-10(12)16-14-6-8/h5-7,9H,3-4H2,1-2H3/b15-11-. The summed E-state index contributed by atoms with van der Waals surface area (Å²) in [4.78, 5) is 5.97. The number of halogens is 2. The molecule has 0 aliphatic heterocycles. The maximum absolute atomic E-state index is 13.1. The van der Waals surface area contributed by atoms with E-state index in [1.54, 1.807) is 12.3 Å². The number of hydrogen-bond acceptors (Lipinski definition) is 3. The van der Waals surface area contributed by atoms with Gasteiger partial charge in [0.05, 0.1) is 6.20 Å². The topological polar surface area (TPSA) is 41.4 Å². The van der Waals surface area contributed by atoms with Gasteiger partial charge in [-0.2, -0.15) is 5.10 Å². The molecule has 17 heavy (non-hydrogen) atoms. The van der Waals surface area contributed by atoms with Gasteiger partial charge >= 0.3 is 0 Å². The monoisotopic (exact) mass is 256 g/mol. The quantitative estimate of drug-likeness (QED) is 0.473. The Morgan fingerprint density at radius 3 is 2.88 bits per heavy atom. The fourth-order valence-electron chi connectivity index (χ4n) is 1.64. The molecule has 1 atom stereocenters. The predicted octanol–water partition coefficient (Wildman–Crippen LogP) is 2.29. The molecule has 4 nitrogen and oxygen atoms in total. The lowest BCUT2D eigenvalue weighted by atomic mass is 10.2. The van der Waals surface area contributed by atoms with Gasteiger partial charge in [0.2, 0.25) is 0 Å². The van der Waals surface area contributed by atoms with Crippen molar-refractivity contribution in [2.45, 2.75) is 32.1 Å². The first-order chi connectivity index (χ1) is 8.08. The molecule has 1 aliphatic rings. The van der Waals surface area contributed by atoms with Crippen molar-refractivity contribution >= 4 is 17.4 Å². The summed E-state index contributed by atoms with van der Waals surface area (Å²) in [5.74, 6) is 0.583. The molecule has 92 valence electrons. The Kier molecular flexibility index (Phi) is 3.57. The van der Waals surface area contributed by atoms with E-state index in [0.717, 1.165) is 12.8 Å². The highest BCUT2D eigenvalue weighted by atomic mass is 35.5. The van der Waals surface area contributed by atoms with E-state index in [9.17, 15) is 4.39 Å². The Morgan fingerprint density at radius 1 is 1.65 bits per heavy atom. The molecule has 1 aromatic heterocycles. The summed E-state index contributed by atoms with van der Waals surface area (Å²) in [7, 11) is 1.91. The van der Waals surface area contributed by atoms with Crippen LogP contribution in [0.25, 0.3) is 0 Å². The van der Waals surface area contributed by atoms with E-state index in [0.29, 0.717) is 17.4 Å². The summed E-state index contributed by atoms with van der Waals surface area (Å²) < 4.78 is 13.1. The van der Waals surface area contributed by atoms with Crippen LogP contribution in [0.4, 0.5) is 4.39 Å².